The van der Waals surface area contributed by atoms with Gasteiger partial charge in [-0.25, -0.2) is 4.79 Å². The molecule has 1 aliphatic carbocycles. The number of hydrogen-bond donors (Lipinski definition) is 1. The Morgan fingerprint density at radius 3 is 2.71 bits per heavy atom. The van der Waals surface area contributed by atoms with E-state index in [9.17, 15) is 4.79 Å². The van der Waals surface area contributed by atoms with Crippen LogP contribution in [0.5, 0.6) is 5.75 Å². The summed E-state index contributed by atoms with van der Waals surface area (Å²) in [6.45, 7) is 0. The van der Waals surface area contributed by atoms with Crippen LogP contribution in [0.4, 0.5) is 0 Å². The molecule has 1 fully saturated rings. The predicted molar refractivity (Wildman–Crippen MR) is 76.7 cm³/mol. The van der Waals surface area contributed by atoms with E-state index < -0.39 is 5.97 Å². The maximum absolute atomic E-state index is 10.9. The molecule has 1 aliphatic rings. The van der Waals surface area contributed by atoms with Gasteiger partial charge in [0, 0.05) is 11.6 Å². The molecule has 1 heterocycles. The highest BCUT2D eigenvalue weighted by Gasteiger charge is 2.20. The smallest absolute Gasteiger partial charge is 0.374 e. The minimum atomic E-state index is -1.13. The van der Waals surface area contributed by atoms with Crippen LogP contribution >= 0.6 is 0 Å². The molecule has 5 heteroatoms. The SMILES string of the molecule is COc1ccc(C2CCCC2)cc1-c1cc(C(=O)O)on1. The molecule has 0 radical (unpaired) electrons. The van der Waals surface area contributed by atoms with Crippen LogP contribution in [-0.2, 0) is 0 Å². The van der Waals surface area contributed by atoms with Crippen LogP contribution in [0.15, 0.2) is 28.8 Å². The largest absolute Gasteiger partial charge is 0.496 e. The minimum absolute atomic E-state index is 0.168. The summed E-state index contributed by atoms with van der Waals surface area (Å²) in [5, 5.41) is 12.8. The number of benzene rings is 1. The number of nitrogens with zero attached hydrogens (tertiary/aromatic N) is 1. The van der Waals surface area contributed by atoms with E-state index >= 15 is 0 Å². The molecule has 1 saturated carbocycles. The first kappa shape index (κ1) is 13.7. The molecule has 3 rings (SSSR count). The number of carboxylic acids is 1. The fourth-order valence-corrected chi connectivity index (χ4v) is 2.94. The summed E-state index contributed by atoms with van der Waals surface area (Å²) in [5.74, 6) is -0.0551. The highest BCUT2D eigenvalue weighted by atomic mass is 16.5. The van der Waals surface area contributed by atoms with Gasteiger partial charge < -0.3 is 14.4 Å². The normalized spacial score (nSPS) is 15.3. The van der Waals surface area contributed by atoms with Crippen molar-refractivity contribution in [2.45, 2.75) is 31.6 Å². The number of ether oxygens (including phenoxy) is 1. The number of carboxylic acid groups (broad SMARTS) is 1. The van der Waals surface area contributed by atoms with Gasteiger partial charge in [0.2, 0.25) is 5.76 Å². The van der Waals surface area contributed by atoms with Gasteiger partial charge in [-0.05, 0) is 36.5 Å². The summed E-state index contributed by atoms with van der Waals surface area (Å²) < 4.78 is 10.2. The van der Waals surface area contributed by atoms with Crippen molar-refractivity contribution in [3.8, 4) is 17.0 Å². The maximum atomic E-state index is 10.9. The van der Waals surface area contributed by atoms with Gasteiger partial charge in [-0.3, -0.25) is 0 Å². The van der Waals surface area contributed by atoms with Crippen molar-refractivity contribution < 1.29 is 19.2 Å². The van der Waals surface area contributed by atoms with Gasteiger partial charge in [-0.1, -0.05) is 24.1 Å². The van der Waals surface area contributed by atoms with Gasteiger partial charge in [0.05, 0.1) is 7.11 Å². The van der Waals surface area contributed by atoms with E-state index in [0.29, 0.717) is 17.4 Å². The van der Waals surface area contributed by atoms with Crippen molar-refractivity contribution in [3.63, 3.8) is 0 Å². The first-order valence-electron chi connectivity index (χ1n) is 7.07. The van der Waals surface area contributed by atoms with Crippen LogP contribution < -0.4 is 4.74 Å². The lowest BCUT2D eigenvalue weighted by Crippen LogP contribution is -1.95. The Bertz CT molecular complexity index is 656. The van der Waals surface area contributed by atoms with Crippen LogP contribution in [0.1, 0.15) is 47.7 Å². The summed E-state index contributed by atoms with van der Waals surface area (Å²) in [7, 11) is 1.59. The highest BCUT2D eigenvalue weighted by Crippen LogP contribution is 2.38. The van der Waals surface area contributed by atoms with Crippen LogP contribution in [-0.4, -0.2) is 23.3 Å². The molecule has 0 amide bonds. The van der Waals surface area contributed by atoms with Gasteiger partial charge >= 0.3 is 5.97 Å². The average molecular weight is 287 g/mol. The molecule has 110 valence electrons. The van der Waals surface area contributed by atoms with Crippen molar-refractivity contribution in [3.05, 3.63) is 35.6 Å². The third-order valence-electron chi connectivity index (χ3n) is 4.05. The van der Waals surface area contributed by atoms with E-state index in [1.165, 1.54) is 37.3 Å². The molecule has 5 nitrogen and oxygen atoms in total. The summed E-state index contributed by atoms with van der Waals surface area (Å²) in [6.07, 6.45) is 4.92. The number of aromatic carboxylic acids is 1. The molecule has 0 unspecified atom stereocenters. The monoisotopic (exact) mass is 287 g/mol. The number of rotatable bonds is 4. The van der Waals surface area contributed by atoms with Crippen molar-refractivity contribution in [1.82, 2.24) is 5.16 Å². The molecule has 2 aromatic rings. The van der Waals surface area contributed by atoms with E-state index in [2.05, 4.69) is 11.2 Å². The van der Waals surface area contributed by atoms with Crippen molar-refractivity contribution in [2.24, 2.45) is 0 Å². The lowest BCUT2D eigenvalue weighted by atomic mass is 9.95. The number of aromatic nitrogens is 1. The Morgan fingerprint density at radius 2 is 2.10 bits per heavy atom. The average Bonchev–Trinajstić information content (AvgIpc) is 3.18. The maximum Gasteiger partial charge on any atom is 0.374 e. The molecular formula is C16H17NO4. The molecule has 0 atom stereocenters. The zero-order chi connectivity index (χ0) is 14.8. The Hall–Kier alpha value is -2.30. The van der Waals surface area contributed by atoms with Gasteiger partial charge in [0.25, 0.3) is 0 Å². The summed E-state index contributed by atoms with van der Waals surface area (Å²) in [6, 6.07) is 7.46. The second-order valence-corrected chi connectivity index (χ2v) is 5.32. The van der Waals surface area contributed by atoms with Crippen molar-refractivity contribution in [2.75, 3.05) is 7.11 Å². The first-order chi connectivity index (χ1) is 10.2. The van der Waals surface area contributed by atoms with E-state index in [0.717, 1.165) is 5.56 Å². The lowest BCUT2D eigenvalue weighted by molar-refractivity contribution is 0.0652. The lowest BCUT2D eigenvalue weighted by Gasteiger charge is -2.13. The Morgan fingerprint density at radius 1 is 1.33 bits per heavy atom. The molecular weight excluding hydrogens is 270 g/mol. The number of hydrogen-bond acceptors (Lipinski definition) is 4. The van der Waals surface area contributed by atoms with Gasteiger partial charge in [-0.2, -0.15) is 0 Å². The Balaban J connectivity index is 2.01. The third-order valence-corrected chi connectivity index (χ3v) is 4.05. The molecule has 1 aromatic carbocycles. The summed E-state index contributed by atoms with van der Waals surface area (Å²) >= 11 is 0. The van der Waals surface area contributed by atoms with Gasteiger partial charge in [-0.15, -0.1) is 0 Å². The number of carbonyl (C=O) groups is 1. The van der Waals surface area contributed by atoms with Crippen LogP contribution in [0, 0.1) is 0 Å². The van der Waals surface area contributed by atoms with E-state index in [4.69, 9.17) is 14.4 Å². The zero-order valence-electron chi connectivity index (χ0n) is 11.8. The quantitative estimate of drug-likeness (QED) is 0.928. The van der Waals surface area contributed by atoms with Crippen LogP contribution in [0.25, 0.3) is 11.3 Å². The predicted octanol–water partition coefficient (Wildman–Crippen LogP) is 3.71. The molecule has 21 heavy (non-hydrogen) atoms. The van der Waals surface area contributed by atoms with E-state index in [1.807, 2.05) is 12.1 Å². The molecule has 1 aromatic heterocycles. The van der Waals surface area contributed by atoms with Crippen LogP contribution in [0.3, 0.4) is 0 Å². The number of methoxy groups -OCH3 is 1. The summed E-state index contributed by atoms with van der Waals surface area (Å²) in [4.78, 5) is 10.9. The van der Waals surface area contributed by atoms with Gasteiger partial charge in [0.15, 0.2) is 0 Å². The minimum Gasteiger partial charge on any atom is -0.496 e. The first-order valence-corrected chi connectivity index (χ1v) is 7.07. The van der Waals surface area contributed by atoms with Crippen molar-refractivity contribution >= 4 is 5.97 Å². The fourth-order valence-electron chi connectivity index (χ4n) is 2.94. The standard InChI is InChI=1S/C16H17NO4/c1-20-14-7-6-11(10-4-2-3-5-10)8-12(14)13-9-15(16(18)19)21-17-13/h6-10H,2-5H2,1H3,(H,18,19). The molecule has 0 aliphatic heterocycles. The molecule has 0 saturated heterocycles. The fraction of sp³-hybridized carbons (Fsp3) is 0.375. The van der Waals surface area contributed by atoms with Gasteiger partial charge in [0.1, 0.15) is 11.4 Å². The van der Waals surface area contributed by atoms with Crippen molar-refractivity contribution in [1.29, 1.82) is 0 Å². The second-order valence-electron chi connectivity index (χ2n) is 5.32. The Labute approximate surface area is 122 Å². The second kappa shape index (κ2) is 5.60. The zero-order valence-corrected chi connectivity index (χ0v) is 11.8. The van der Waals surface area contributed by atoms with E-state index in [1.54, 1.807) is 7.11 Å². The van der Waals surface area contributed by atoms with E-state index in [-0.39, 0.29) is 5.76 Å². The third kappa shape index (κ3) is 2.63. The highest BCUT2D eigenvalue weighted by molar-refractivity contribution is 5.86. The molecule has 1 N–H and O–H groups in total. The molecule has 0 bridgehead atoms. The Kier molecular flexibility index (Phi) is 3.64. The van der Waals surface area contributed by atoms with Crippen LogP contribution in [0.2, 0.25) is 0 Å². The summed E-state index contributed by atoms with van der Waals surface area (Å²) in [5.41, 5.74) is 2.52. The molecule has 0 spiro atoms. The topological polar surface area (TPSA) is 72.6 Å².